The maximum absolute atomic E-state index is 12.4. The molecular formula is C16H19N3O2. The fourth-order valence-electron chi connectivity index (χ4n) is 3.57. The number of carbonyl (C=O) groups is 1. The molecule has 1 N–H and O–H groups in total. The molecule has 0 saturated carbocycles. The first-order valence-corrected chi connectivity index (χ1v) is 7.64. The molecule has 3 saturated heterocycles. The van der Waals surface area contributed by atoms with E-state index in [4.69, 9.17) is 4.42 Å². The second-order valence-corrected chi connectivity index (χ2v) is 6.18. The minimum absolute atomic E-state index is 0.00704. The molecule has 21 heavy (non-hydrogen) atoms. The Hall–Kier alpha value is -1.88. The minimum Gasteiger partial charge on any atom is -0.443 e. The number of hydrogen-bond acceptors (Lipinski definition) is 4. The van der Waals surface area contributed by atoms with E-state index in [0.717, 1.165) is 24.4 Å². The quantitative estimate of drug-likeness (QED) is 0.917. The molecule has 2 aromatic rings. The molecule has 1 aromatic heterocycles. The van der Waals surface area contributed by atoms with Crippen LogP contribution < -0.4 is 5.32 Å². The van der Waals surface area contributed by atoms with Gasteiger partial charge in [0.2, 0.25) is 0 Å². The Balaban J connectivity index is 1.49. The molecule has 1 atom stereocenters. The fourth-order valence-corrected chi connectivity index (χ4v) is 3.57. The number of amides is 1. The van der Waals surface area contributed by atoms with Gasteiger partial charge in [-0.1, -0.05) is 0 Å². The van der Waals surface area contributed by atoms with Crippen molar-refractivity contribution >= 4 is 17.0 Å². The van der Waals surface area contributed by atoms with Crippen LogP contribution in [0.2, 0.25) is 0 Å². The summed E-state index contributed by atoms with van der Waals surface area (Å²) in [5.74, 6) is 0.763. The molecule has 1 amide bonds. The molecule has 0 spiro atoms. The Labute approximate surface area is 123 Å². The van der Waals surface area contributed by atoms with Gasteiger partial charge >= 0.3 is 0 Å². The van der Waals surface area contributed by atoms with Gasteiger partial charge in [-0.15, -0.1) is 0 Å². The molecular weight excluding hydrogens is 266 g/mol. The Morgan fingerprint density at radius 3 is 3.05 bits per heavy atom. The van der Waals surface area contributed by atoms with E-state index in [-0.39, 0.29) is 11.9 Å². The zero-order valence-corrected chi connectivity index (χ0v) is 11.9. The normalized spacial score (nSPS) is 28.5. The number of fused-ring (bicyclic) bond motifs is 5. The van der Waals surface area contributed by atoms with Crippen LogP contribution in [0, 0.1) is 5.92 Å². The molecule has 0 unspecified atom stereocenters. The topological polar surface area (TPSA) is 58.4 Å². The Morgan fingerprint density at radius 2 is 2.19 bits per heavy atom. The first-order chi connectivity index (χ1) is 10.3. The van der Waals surface area contributed by atoms with E-state index < -0.39 is 0 Å². The molecule has 5 heteroatoms. The number of oxazole rings is 1. The minimum atomic E-state index is -0.00704. The number of nitrogens with zero attached hydrogens (tertiary/aromatic N) is 2. The van der Waals surface area contributed by atoms with E-state index in [2.05, 4.69) is 15.2 Å². The molecule has 3 fully saturated rings. The van der Waals surface area contributed by atoms with Crippen molar-refractivity contribution in [2.45, 2.75) is 25.3 Å². The largest absolute Gasteiger partial charge is 0.443 e. The summed E-state index contributed by atoms with van der Waals surface area (Å²) in [6.45, 7) is 3.35. The van der Waals surface area contributed by atoms with E-state index in [0.29, 0.717) is 11.1 Å². The first-order valence-electron chi connectivity index (χ1n) is 7.64. The lowest BCUT2D eigenvalue weighted by Crippen LogP contribution is -2.41. The van der Waals surface area contributed by atoms with Gasteiger partial charge in [-0.2, -0.15) is 0 Å². The average molecular weight is 285 g/mol. The summed E-state index contributed by atoms with van der Waals surface area (Å²) >= 11 is 0. The number of carbonyl (C=O) groups excluding carboxylic acids is 1. The number of nitrogens with one attached hydrogen (secondary N) is 1. The number of benzene rings is 1. The third-order valence-electron chi connectivity index (χ3n) is 4.73. The molecule has 110 valence electrons. The van der Waals surface area contributed by atoms with Gasteiger partial charge in [-0.05, 0) is 56.5 Å². The van der Waals surface area contributed by atoms with Crippen molar-refractivity contribution in [2.24, 2.45) is 5.92 Å². The fraction of sp³-hybridized carbons (Fsp3) is 0.500. The van der Waals surface area contributed by atoms with Gasteiger partial charge in [0.25, 0.3) is 5.91 Å². The number of rotatable bonds is 2. The van der Waals surface area contributed by atoms with Gasteiger partial charge in [-0.25, -0.2) is 4.98 Å². The maximum Gasteiger partial charge on any atom is 0.251 e. The first kappa shape index (κ1) is 12.8. The lowest BCUT2D eigenvalue weighted by molar-refractivity contribution is 0.0929. The Bertz CT molecular complexity index is 644. The molecule has 0 radical (unpaired) electrons. The highest BCUT2D eigenvalue weighted by atomic mass is 16.3. The SMILES string of the molecule is O=C(N[C@@H]1CC2CCN(CC2)C1)c1ccc2ocnc2c1. The second kappa shape index (κ2) is 5.15. The van der Waals surface area contributed by atoms with Crippen LogP contribution >= 0.6 is 0 Å². The van der Waals surface area contributed by atoms with Gasteiger partial charge in [0.1, 0.15) is 5.52 Å². The van der Waals surface area contributed by atoms with Crippen molar-refractivity contribution in [2.75, 3.05) is 19.6 Å². The number of hydrogen-bond donors (Lipinski definition) is 1. The van der Waals surface area contributed by atoms with E-state index in [1.54, 1.807) is 18.2 Å². The highest BCUT2D eigenvalue weighted by Crippen LogP contribution is 2.26. The lowest BCUT2D eigenvalue weighted by Gasteiger charge is -2.26. The van der Waals surface area contributed by atoms with Crippen LogP contribution in [-0.2, 0) is 0 Å². The van der Waals surface area contributed by atoms with Crippen molar-refractivity contribution in [3.63, 3.8) is 0 Å². The van der Waals surface area contributed by atoms with Crippen molar-refractivity contribution in [3.8, 4) is 0 Å². The van der Waals surface area contributed by atoms with Crippen LogP contribution in [-0.4, -0.2) is 41.5 Å². The molecule has 0 aliphatic carbocycles. The van der Waals surface area contributed by atoms with E-state index >= 15 is 0 Å². The molecule has 3 aliphatic rings. The molecule has 1 aromatic carbocycles. The van der Waals surface area contributed by atoms with Gasteiger partial charge in [0, 0.05) is 18.2 Å². The standard InChI is InChI=1S/C16H19N3O2/c20-16(12-1-2-15-14(8-12)17-10-21-15)18-13-7-11-3-5-19(9-13)6-4-11/h1-2,8,10-11,13H,3-7,9H2,(H,18,20)/t13-/m1/s1. The highest BCUT2D eigenvalue weighted by Gasteiger charge is 2.29. The molecule has 3 aliphatic heterocycles. The molecule has 4 heterocycles. The second-order valence-electron chi connectivity index (χ2n) is 6.18. The zero-order valence-electron chi connectivity index (χ0n) is 11.9. The zero-order chi connectivity index (χ0) is 14.2. The summed E-state index contributed by atoms with van der Waals surface area (Å²) in [4.78, 5) is 19.0. The van der Waals surface area contributed by atoms with Crippen LogP contribution in [0.1, 0.15) is 29.6 Å². The summed E-state index contributed by atoms with van der Waals surface area (Å²) < 4.78 is 5.21. The molecule has 5 rings (SSSR count). The highest BCUT2D eigenvalue weighted by molar-refractivity contribution is 5.97. The maximum atomic E-state index is 12.4. The van der Waals surface area contributed by atoms with Crippen molar-refractivity contribution < 1.29 is 9.21 Å². The molecule has 2 bridgehead atoms. The molecule has 5 nitrogen and oxygen atoms in total. The van der Waals surface area contributed by atoms with Crippen LogP contribution in [0.25, 0.3) is 11.1 Å². The predicted molar refractivity (Wildman–Crippen MR) is 79.0 cm³/mol. The average Bonchev–Trinajstić information content (AvgIpc) is 2.78. The summed E-state index contributed by atoms with van der Waals surface area (Å²) in [5, 5.41) is 3.19. The van der Waals surface area contributed by atoms with Gasteiger partial charge < -0.3 is 14.6 Å². The van der Waals surface area contributed by atoms with Crippen molar-refractivity contribution in [3.05, 3.63) is 30.2 Å². The van der Waals surface area contributed by atoms with Gasteiger partial charge in [0.15, 0.2) is 12.0 Å². The Morgan fingerprint density at radius 1 is 1.33 bits per heavy atom. The summed E-state index contributed by atoms with van der Waals surface area (Å²) in [7, 11) is 0. The van der Waals surface area contributed by atoms with Crippen LogP contribution in [0.5, 0.6) is 0 Å². The third kappa shape index (κ3) is 2.53. The number of aromatic nitrogens is 1. The van der Waals surface area contributed by atoms with E-state index in [9.17, 15) is 4.79 Å². The van der Waals surface area contributed by atoms with Crippen molar-refractivity contribution in [1.82, 2.24) is 15.2 Å². The van der Waals surface area contributed by atoms with E-state index in [1.165, 1.54) is 32.3 Å². The predicted octanol–water partition coefficient (Wildman–Crippen LogP) is 2.04. The summed E-state index contributed by atoms with van der Waals surface area (Å²) in [6, 6.07) is 5.66. The van der Waals surface area contributed by atoms with Crippen LogP contribution in [0.4, 0.5) is 0 Å². The van der Waals surface area contributed by atoms with Gasteiger partial charge in [0.05, 0.1) is 0 Å². The van der Waals surface area contributed by atoms with Crippen molar-refractivity contribution in [1.29, 1.82) is 0 Å². The lowest BCUT2D eigenvalue weighted by atomic mass is 9.94. The monoisotopic (exact) mass is 285 g/mol. The van der Waals surface area contributed by atoms with Gasteiger partial charge in [-0.3, -0.25) is 4.79 Å². The number of piperidine rings is 1. The smallest absolute Gasteiger partial charge is 0.251 e. The summed E-state index contributed by atoms with van der Waals surface area (Å²) in [5.41, 5.74) is 2.10. The van der Waals surface area contributed by atoms with E-state index in [1.807, 2.05) is 0 Å². The van der Waals surface area contributed by atoms with Crippen LogP contribution in [0.15, 0.2) is 29.0 Å². The summed E-state index contributed by atoms with van der Waals surface area (Å²) in [6.07, 6.45) is 5.06. The van der Waals surface area contributed by atoms with Crippen LogP contribution in [0.3, 0.4) is 0 Å². The Kier molecular flexibility index (Phi) is 3.15. The third-order valence-corrected chi connectivity index (χ3v) is 4.73.